The summed E-state index contributed by atoms with van der Waals surface area (Å²) in [5.41, 5.74) is 2.58. The minimum absolute atomic E-state index is 0. The number of pyridine rings is 1. The summed E-state index contributed by atoms with van der Waals surface area (Å²) in [4.78, 5) is 3.74. The molecule has 80 valence electrons. The highest BCUT2D eigenvalue weighted by molar-refractivity contribution is 5.91. The van der Waals surface area contributed by atoms with Crippen LogP contribution in [-0.2, 0) is 0 Å². The van der Waals surface area contributed by atoms with E-state index in [0.717, 1.165) is 12.1 Å². The number of nitrogens with two attached hydrogens (primary N) is 1. The number of hydrogen-bond acceptors (Lipinski definition) is 3. The van der Waals surface area contributed by atoms with Crippen molar-refractivity contribution in [2.75, 3.05) is 5.43 Å². The van der Waals surface area contributed by atoms with Crippen LogP contribution < -0.4 is 11.3 Å². The molecule has 2 aromatic rings. The van der Waals surface area contributed by atoms with Gasteiger partial charge in [-0.1, -0.05) is 0 Å². The lowest BCUT2D eigenvalue weighted by Crippen LogP contribution is -2.08. The molecule has 0 aliphatic heterocycles. The molecule has 1 aromatic heterocycles. The number of nitrogens with one attached hydrogen (secondary N) is 1. The highest BCUT2D eigenvalue weighted by Crippen LogP contribution is 2.25. The summed E-state index contributed by atoms with van der Waals surface area (Å²) in [5.74, 6) is 4.04. The molecule has 0 amide bonds. The highest BCUT2D eigenvalue weighted by atomic mass is 35.5. The van der Waals surface area contributed by atoms with Crippen LogP contribution >= 0.6 is 12.4 Å². The quantitative estimate of drug-likeness (QED) is 0.585. The van der Waals surface area contributed by atoms with Crippen LogP contribution in [-0.4, -0.2) is 4.98 Å². The second-order valence-electron chi connectivity index (χ2n) is 2.76. The molecule has 0 fully saturated rings. The summed E-state index contributed by atoms with van der Waals surface area (Å²) in [6.07, 6.45) is 1.36. The number of anilines is 1. The monoisotopic (exact) mass is 231 g/mol. The van der Waals surface area contributed by atoms with E-state index >= 15 is 0 Å². The number of fused-ring (bicyclic) bond motifs is 1. The molecule has 0 atom stereocenters. The fourth-order valence-electron chi connectivity index (χ4n) is 1.31. The number of nitrogens with zero attached hydrogens (tertiary/aromatic N) is 1. The van der Waals surface area contributed by atoms with Crippen LogP contribution in [0.3, 0.4) is 0 Å². The first-order chi connectivity index (χ1) is 6.74. The van der Waals surface area contributed by atoms with Gasteiger partial charge >= 0.3 is 0 Å². The van der Waals surface area contributed by atoms with Crippen LogP contribution in [0.1, 0.15) is 0 Å². The Balaban J connectivity index is 0.00000112. The molecule has 0 spiro atoms. The molecule has 6 heteroatoms. The molecule has 0 saturated heterocycles. The second kappa shape index (κ2) is 4.37. The van der Waals surface area contributed by atoms with Crippen molar-refractivity contribution in [3.05, 3.63) is 36.0 Å². The zero-order valence-electron chi connectivity index (χ0n) is 7.50. The minimum Gasteiger partial charge on any atom is -0.323 e. The molecule has 0 bridgehead atoms. The summed E-state index contributed by atoms with van der Waals surface area (Å²) in [6.45, 7) is 0. The normalized spacial score (nSPS) is 9.80. The van der Waals surface area contributed by atoms with Crippen molar-refractivity contribution in [2.24, 2.45) is 5.84 Å². The fraction of sp³-hybridized carbons (Fsp3) is 0. The van der Waals surface area contributed by atoms with Gasteiger partial charge < -0.3 is 5.43 Å². The van der Waals surface area contributed by atoms with E-state index in [0.29, 0.717) is 5.69 Å². The molecule has 3 nitrogen and oxygen atoms in total. The molecule has 3 N–H and O–H groups in total. The first kappa shape index (κ1) is 11.6. The SMILES string of the molecule is Cl.NNc1ccnc2c(F)ccc(F)c12. The lowest BCUT2D eigenvalue weighted by Gasteiger charge is -2.05. The van der Waals surface area contributed by atoms with Gasteiger partial charge in [0.1, 0.15) is 17.2 Å². The lowest BCUT2D eigenvalue weighted by atomic mass is 10.1. The molecule has 1 heterocycles. The number of rotatable bonds is 1. The van der Waals surface area contributed by atoms with E-state index in [1.807, 2.05) is 0 Å². The predicted octanol–water partition coefficient (Wildman–Crippen LogP) is 2.22. The topological polar surface area (TPSA) is 50.9 Å². The van der Waals surface area contributed by atoms with E-state index in [9.17, 15) is 8.78 Å². The van der Waals surface area contributed by atoms with Gasteiger partial charge in [-0.2, -0.15) is 0 Å². The standard InChI is InChI=1S/C9H7F2N3.ClH/c10-5-1-2-6(11)9-8(5)7(14-12)3-4-13-9;/h1-4H,12H2,(H,13,14);1H. The maximum atomic E-state index is 13.3. The highest BCUT2D eigenvalue weighted by Gasteiger charge is 2.10. The number of hydrogen-bond donors (Lipinski definition) is 2. The van der Waals surface area contributed by atoms with Crippen LogP contribution in [0.5, 0.6) is 0 Å². The van der Waals surface area contributed by atoms with Crippen LogP contribution in [0.25, 0.3) is 10.9 Å². The van der Waals surface area contributed by atoms with Crippen molar-refractivity contribution in [1.82, 2.24) is 4.98 Å². The largest absolute Gasteiger partial charge is 0.323 e. The van der Waals surface area contributed by atoms with Gasteiger partial charge in [-0.25, -0.2) is 8.78 Å². The number of nitrogen functional groups attached to an aromatic ring is 1. The van der Waals surface area contributed by atoms with Crippen LogP contribution in [0, 0.1) is 11.6 Å². The van der Waals surface area contributed by atoms with Gasteiger partial charge in [-0.3, -0.25) is 10.8 Å². The number of aromatic nitrogens is 1. The Bertz CT molecular complexity index is 490. The van der Waals surface area contributed by atoms with Gasteiger partial charge in [-0.15, -0.1) is 12.4 Å². The van der Waals surface area contributed by atoms with E-state index in [1.54, 1.807) is 0 Å². The summed E-state index contributed by atoms with van der Waals surface area (Å²) in [5, 5.41) is 0.0648. The summed E-state index contributed by atoms with van der Waals surface area (Å²) >= 11 is 0. The number of benzene rings is 1. The third-order valence-corrected chi connectivity index (χ3v) is 1.95. The summed E-state index contributed by atoms with van der Waals surface area (Å²) < 4.78 is 26.5. The average Bonchev–Trinajstić information content (AvgIpc) is 2.23. The van der Waals surface area contributed by atoms with E-state index in [-0.39, 0.29) is 23.3 Å². The molecule has 0 radical (unpaired) electrons. The van der Waals surface area contributed by atoms with Gasteiger partial charge in [0.2, 0.25) is 0 Å². The zero-order chi connectivity index (χ0) is 10.1. The average molecular weight is 232 g/mol. The van der Waals surface area contributed by atoms with Crippen molar-refractivity contribution < 1.29 is 8.78 Å². The van der Waals surface area contributed by atoms with Crippen LogP contribution in [0.4, 0.5) is 14.5 Å². The zero-order valence-corrected chi connectivity index (χ0v) is 8.31. The second-order valence-corrected chi connectivity index (χ2v) is 2.76. The summed E-state index contributed by atoms with van der Waals surface area (Å²) in [7, 11) is 0. The minimum atomic E-state index is -0.571. The Morgan fingerprint density at radius 2 is 1.80 bits per heavy atom. The van der Waals surface area contributed by atoms with Gasteiger partial charge in [0.05, 0.1) is 11.1 Å². The third-order valence-electron chi connectivity index (χ3n) is 1.95. The molecule has 0 saturated carbocycles. The van der Waals surface area contributed by atoms with E-state index < -0.39 is 11.6 Å². The predicted molar refractivity (Wildman–Crippen MR) is 56.7 cm³/mol. The van der Waals surface area contributed by atoms with Crippen LogP contribution in [0.2, 0.25) is 0 Å². The Labute approximate surface area is 90.7 Å². The van der Waals surface area contributed by atoms with Gasteiger partial charge in [0.25, 0.3) is 0 Å². The Hall–Kier alpha value is -1.46. The van der Waals surface area contributed by atoms with E-state index in [1.165, 1.54) is 12.3 Å². The van der Waals surface area contributed by atoms with Crippen molar-refractivity contribution in [3.63, 3.8) is 0 Å². The van der Waals surface area contributed by atoms with Crippen LogP contribution in [0.15, 0.2) is 24.4 Å². The molecule has 15 heavy (non-hydrogen) atoms. The third kappa shape index (κ3) is 1.84. The molecule has 1 aromatic carbocycles. The maximum absolute atomic E-state index is 13.3. The molecule has 0 aliphatic carbocycles. The summed E-state index contributed by atoms with van der Waals surface area (Å²) in [6, 6.07) is 3.55. The van der Waals surface area contributed by atoms with Crippen molar-refractivity contribution >= 4 is 29.0 Å². The Kier molecular flexibility index (Phi) is 3.39. The first-order valence-electron chi connectivity index (χ1n) is 3.93. The Morgan fingerprint density at radius 1 is 1.13 bits per heavy atom. The van der Waals surface area contributed by atoms with Crippen molar-refractivity contribution in [1.29, 1.82) is 0 Å². The smallest absolute Gasteiger partial charge is 0.149 e. The molecule has 0 aliphatic rings. The Morgan fingerprint density at radius 3 is 2.47 bits per heavy atom. The molecular weight excluding hydrogens is 224 g/mol. The number of halogens is 3. The fourth-order valence-corrected chi connectivity index (χ4v) is 1.31. The van der Waals surface area contributed by atoms with E-state index in [2.05, 4.69) is 10.4 Å². The molecule has 0 unspecified atom stereocenters. The molecular formula is C9H8ClF2N3. The first-order valence-corrected chi connectivity index (χ1v) is 3.93. The van der Waals surface area contributed by atoms with Gasteiger partial charge in [0.15, 0.2) is 0 Å². The maximum Gasteiger partial charge on any atom is 0.149 e. The van der Waals surface area contributed by atoms with Crippen molar-refractivity contribution in [2.45, 2.75) is 0 Å². The van der Waals surface area contributed by atoms with E-state index in [4.69, 9.17) is 5.84 Å². The number of hydrazine groups is 1. The van der Waals surface area contributed by atoms with Gasteiger partial charge in [0, 0.05) is 6.20 Å². The van der Waals surface area contributed by atoms with Gasteiger partial charge in [-0.05, 0) is 18.2 Å². The van der Waals surface area contributed by atoms with Crippen molar-refractivity contribution in [3.8, 4) is 0 Å². The molecule has 2 rings (SSSR count). The lowest BCUT2D eigenvalue weighted by molar-refractivity contribution is 0.615.